The van der Waals surface area contributed by atoms with E-state index in [2.05, 4.69) is 60.7 Å². The second-order valence-corrected chi connectivity index (χ2v) is 21.0. The van der Waals surface area contributed by atoms with E-state index in [9.17, 15) is 17.6 Å². The van der Waals surface area contributed by atoms with Gasteiger partial charge in [-0.2, -0.15) is 0 Å². The summed E-state index contributed by atoms with van der Waals surface area (Å²) in [5, 5.41) is 1.50. The summed E-state index contributed by atoms with van der Waals surface area (Å²) in [6.07, 6.45) is -0.223. The van der Waals surface area contributed by atoms with Gasteiger partial charge in [-0.25, -0.2) is 27.3 Å². The molecule has 1 heterocycles. The first-order valence-corrected chi connectivity index (χ1v) is 19.8. The largest absolute Gasteiger partial charge is 0.457 e. The number of nitrogens with one attached hydrogen (secondary N) is 2. The van der Waals surface area contributed by atoms with Crippen LogP contribution in [0.5, 0.6) is 0 Å². The van der Waals surface area contributed by atoms with Crippen molar-refractivity contribution in [1.29, 1.82) is 0 Å². The number of halogens is 1. The number of amides is 1. The zero-order valence-corrected chi connectivity index (χ0v) is 30.4. The molecule has 1 aliphatic heterocycles. The minimum atomic E-state index is -4.01. The molecule has 0 radical (unpaired) electrons. The summed E-state index contributed by atoms with van der Waals surface area (Å²) in [6, 6.07) is 12.2. The van der Waals surface area contributed by atoms with E-state index in [0.29, 0.717) is 29.7 Å². The standard InChI is InChI=1S/C34H48FN3O6SSi/c1-32(2,3)44-31(39)36-22-13-14-24-17-19-25(20-18-24)29-34(7,8)43-30(38-45(29,40)41)37-28(26-15-11-12-16-27(26)35)21-23-42-46(9,10)33(4,5)6/h11-12,15-20,28-29H,21-23H2,1-10H3,(H,36,39)(H,37,38). The van der Waals surface area contributed by atoms with Crippen LogP contribution in [0.3, 0.4) is 0 Å². The van der Waals surface area contributed by atoms with E-state index < -0.39 is 52.7 Å². The van der Waals surface area contributed by atoms with Gasteiger partial charge in [0.15, 0.2) is 8.32 Å². The quantitative estimate of drug-likeness (QED) is 0.231. The lowest BCUT2D eigenvalue weighted by Gasteiger charge is -2.39. The Morgan fingerprint density at radius 1 is 1.11 bits per heavy atom. The van der Waals surface area contributed by atoms with Crippen LogP contribution in [0.15, 0.2) is 53.5 Å². The Kier molecular flexibility index (Phi) is 11.4. The highest BCUT2D eigenvalue weighted by molar-refractivity contribution is 7.90. The van der Waals surface area contributed by atoms with Gasteiger partial charge in [-0.1, -0.05) is 62.9 Å². The van der Waals surface area contributed by atoms with E-state index in [1.807, 2.05) is 0 Å². The zero-order chi connectivity index (χ0) is 34.6. The molecule has 9 nitrogen and oxygen atoms in total. The number of carbonyl (C=O) groups is 1. The number of ether oxygens (including phenoxy) is 2. The SMILES string of the molecule is CC(C)(C)OC(=O)NCC#Cc1ccc(C2C(C)(C)OC(=NC(CCO[Si](C)(C)C(C)(C)C)c3ccccc3F)NS2(=O)=O)cc1. The molecule has 46 heavy (non-hydrogen) atoms. The predicted octanol–water partition coefficient (Wildman–Crippen LogP) is 6.98. The van der Waals surface area contributed by atoms with Crippen molar-refractivity contribution in [3.05, 3.63) is 71.0 Å². The van der Waals surface area contributed by atoms with E-state index in [-0.39, 0.29) is 17.6 Å². The molecule has 2 unspecified atom stereocenters. The Balaban J connectivity index is 1.79. The Morgan fingerprint density at radius 3 is 2.30 bits per heavy atom. The smallest absolute Gasteiger partial charge is 0.408 e. The number of carbonyl (C=O) groups excluding carboxylic acids is 1. The van der Waals surface area contributed by atoms with Gasteiger partial charge in [-0.05, 0) is 82.9 Å². The van der Waals surface area contributed by atoms with Crippen LogP contribution in [0.2, 0.25) is 18.1 Å². The van der Waals surface area contributed by atoms with Crippen molar-refractivity contribution >= 4 is 30.5 Å². The lowest BCUT2D eigenvalue weighted by molar-refractivity contribution is 0.0534. The number of alkyl carbamates (subject to hydrolysis) is 1. The first-order chi connectivity index (χ1) is 21.1. The summed E-state index contributed by atoms with van der Waals surface area (Å²) in [4.78, 5) is 16.4. The average molecular weight is 674 g/mol. The minimum Gasteiger partial charge on any atom is -0.457 e. The van der Waals surface area contributed by atoms with Gasteiger partial charge >= 0.3 is 6.09 Å². The van der Waals surface area contributed by atoms with Gasteiger partial charge in [-0.3, -0.25) is 0 Å². The van der Waals surface area contributed by atoms with E-state index in [0.717, 1.165) is 0 Å². The summed E-state index contributed by atoms with van der Waals surface area (Å²) in [5.41, 5.74) is -0.348. The third kappa shape index (κ3) is 10.0. The molecule has 2 atom stereocenters. The highest BCUT2D eigenvalue weighted by atomic mass is 32.2. The van der Waals surface area contributed by atoms with E-state index in [1.54, 1.807) is 77.1 Å². The lowest BCUT2D eigenvalue weighted by atomic mass is 9.96. The molecule has 1 fully saturated rings. The molecule has 2 N–H and O–H groups in total. The molecule has 12 heteroatoms. The monoisotopic (exact) mass is 673 g/mol. The topological polar surface area (TPSA) is 115 Å². The van der Waals surface area contributed by atoms with Crippen molar-refractivity contribution in [2.24, 2.45) is 4.99 Å². The third-order valence-electron chi connectivity index (χ3n) is 7.89. The van der Waals surface area contributed by atoms with Crippen LogP contribution >= 0.6 is 0 Å². The molecular weight excluding hydrogens is 626 g/mol. The Morgan fingerprint density at radius 2 is 1.74 bits per heavy atom. The number of benzene rings is 2. The number of sulfonamides is 1. The maximum atomic E-state index is 14.9. The van der Waals surface area contributed by atoms with Crippen molar-refractivity contribution < 1.29 is 31.5 Å². The van der Waals surface area contributed by atoms with Gasteiger partial charge in [-0.15, -0.1) is 0 Å². The molecule has 0 aromatic heterocycles. The second-order valence-electron chi connectivity index (χ2n) is 14.4. The van der Waals surface area contributed by atoms with E-state index in [4.69, 9.17) is 13.9 Å². The van der Waals surface area contributed by atoms with Gasteiger partial charge in [0, 0.05) is 17.7 Å². The molecule has 0 bridgehead atoms. The van der Waals surface area contributed by atoms with Gasteiger partial charge < -0.3 is 19.2 Å². The maximum Gasteiger partial charge on any atom is 0.408 e. The molecule has 2 aromatic rings. The Bertz CT molecular complexity index is 1580. The first kappa shape index (κ1) is 37.1. The first-order valence-electron chi connectivity index (χ1n) is 15.3. The molecule has 3 rings (SSSR count). The van der Waals surface area contributed by atoms with Crippen molar-refractivity contribution in [2.75, 3.05) is 13.2 Å². The van der Waals surface area contributed by atoms with Crippen LogP contribution in [-0.2, 0) is 23.9 Å². The normalized spacial score (nSPS) is 19.2. The van der Waals surface area contributed by atoms with Crippen LogP contribution in [0, 0.1) is 17.7 Å². The fraction of sp³-hybridized carbons (Fsp3) is 0.529. The molecule has 0 aliphatic carbocycles. The number of nitrogens with zero attached hydrogens (tertiary/aromatic N) is 1. The van der Waals surface area contributed by atoms with Gasteiger partial charge in [0.1, 0.15) is 22.3 Å². The number of rotatable bonds is 8. The molecule has 1 aliphatic rings. The fourth-order valence-corrected chi connectivity index (χ4v) is 7.48. The van der Waals surface area contributed by atoms with Crippen molar-refractivity contribution in [2.45, 2.75) is 102 Å². The second kappa shape index (κ2) is 14.2. The maximum absolute atomic E-state index is 14.9. The van der Waals surface area contributed by atoms with Crippen LogP contribution in [0.1, 0.15) is 89.8 Å². The molecule has 1 saturated heterocycles. The van der Waals surface area contributed by atoms with Crippen molar-refractivity contribution in [1.82, 2.24) is 10.0 Å². The summed E-state index contributed by atoms with van der Waals surface area (Å²) in [7, 11) is -6.09. The van der Waals surface area contributed by atoms with Crippen molar-refractivity contribution in [3.8, 4) is 11.8 Å². The van der Waals surface area contributed by atoms with Crippen molar-refractivity contribution in [3.63, 3.8) is 0 Å². The predicted molar refractivity (Wildman–Crippen MR) is 182 cm³/mol. The van der Waals surface area contributed by atoms with Gasteiger partial charge in [0.05, 0.1) is 12.6 Å². The van der Waals surface area contributed by atoms with Gasteiger partial charge in [0.2, 0.25) is 10.0 Å². The van der Waals surface area contributed by atoms with Crippen LogP contribution in [0.25, 0.3) is 0 Å². The summed E-state index contributed by atoms with van der Waals surface area (Å²) in [6.45, 7) is 19.8. The Labute approximate surface area is 274 Å². The van der Waals surface area contributed by atoms with Gasteiger partial charge in [0.25, 0.3) is 6.02 Å². The van der Waals surface area contributed by atoms with E-state index in [1.165, 1.54) is 6.07 Å². The van der Waals surface area contributed by atoms with Crippen LogP contribution in [0.4, 0.5) is 9.18 Å². The molecule has 1 amide bonds. The number of aliphatic imine (C=N–C) groups is 1. The highest BCUT2D eigenvalue weighted by Crippen LogP contribution is 2.40. The summed E-state index contributed by atoms with van der Waals surface area (Å²) in [5.74, 6) is 5.36. The van der Waals surface area contributed by atoms with E-state index >= 15 is 0 Å². The zero-order valence-electron chi connectivity index (χ0n) is 28.6. The Hall–Kier alpha value is -3.40. The van der Waals surface area contributed by atoms with Crippen LogP contribution < -0.4 is 10.0 Å². The summed E-state index contributed by atoms with van der Waals surface area (Å²) >= 11 is 0. The van der Waals surface area contributed by atoms with Crippen LogP contribution in [-0.4, -0.2) is 53.2 Å². The molecule has 0 spiro atoms. The minimum absolute atomic E-state index is 0.00268. The number of hydrogen-bond acceptors (Lipinski definition) is 7. The molecular formula is C34H48FN3O6SSi. The molecule has 0 saturated carbocycles. The molecule has 252 valence electrons. The highest BCUT2D eigenvalue weighted by Gasteiger charge is 2.48. The average Bonchev–Trinajstić information content (AvgIpc) is 2.88. The lowest BCUT2D eigenvalue weighted by Crippen LogP contribution is -2.53. The number of amidine groups is 1. The fourth-order valence-electron chi connectivity index (χ4n) is 4.65. The number of hydrogen-bond donors (Lipinski definition) is 2. The third-order valence-corrected chi connectivity index (χ3v) is 14.4. The summed E-state index contributed by atoms with van der Waals surface area (Å²) < 4.78 is 62.4. The molecule has 2 aromatic carbocycles.